The molecule has 2 aromatic heterocycles. The first-order valence-electron chi connectivity index (χ1n) is 19.3. The molecular formula is C53H31N3. The molecule has 56 heavy (non-hydrogen) atoms. The quantitative estimate of drug-likeness (QED) is 0.167. The second-order valence-corrected chi connectivity index (χ2v) is 15.2. The van der Waals surface area contributed by atoms with Gasteiger partial charge in [0, 0.05) is 32.8 Å². The van der Waals surface area contributed by atoms with Gasteiger partial charge in [0.15, 0.2) is 0 Å². The number of rotatable bonds is 2. The third-order valence-corrected chi connectivity index (χ3v) is 12.6. The fourth-order valence-corrected chi connectivity index (χ4v) is 10.4. The van der Waals surface area contributed by atoms with Crippen molar-refractivity contribution < 1.29 is 0 Å². The molecule has 1 spiro atoms. The molecule has 0 fully saturated rings. The summed E-state index contributed by atoms with van der Waals surface area (Å²) in [4.78, 5) is 10.6. The molecule has 0 bridgehead atoms. The molecule has 13 rings (SSSR count). The van der Waals surface area contributed by atoms with Crippen LogP contribution in [0.5, 0.6) is 0 Å². The summed E-state index contributed by atoms with van der Waals surface area (Å²) in [6, 6.07) is 66.9. The summed E-state index contributed by atoms with van der Waals surface area (Å²) >= 11 is 0. The first kappa shape index (κ1) is 30.0. The predicted molar refractivity (Wildman–Crippen MR) is 231 cm³/mol. The summed E-state index contributed by atoms with van der Waals surface area (Å²) in [5.74, 6) is 0. The lowest BCUT2D eigenvalue weighted by atomic mass is 9.70. The minimum absolute atomic E-state index is 0.518. The highest BCUT2D eigenvalue weighted by atomic mass is 15.0. The Kier molecular flexibility index (Phi) is 5.83. The summed E-state index contributed by atoms with van der Waals surface area (Å²) in [7, 11) is 0. The van der Waals surface area contributed by atoms with Crippen molar-refractivity contribution >= 4 is 54.4 Å². The van der Waals surface area contributed by atoms with Crippen LogP contribution in [0.25, 0.3) is 93.6 Å². The van der Waals surface area contributed by atoms with Crippen molar-refractivity contribution in [3.05, 3.63) is 210 Å². The standard InChI is InChI=1S/C53H31N3/c1-3-19-42-34(13-1)35-14-2-4-20-43(35)52-51(42)54-31-48(55-52)32-25-27-38-39-28-26-33(56-49-23-11-7-17-40(49)41-18-8-12-24-50(41)56)30-47(39)53(46(38)29-32)44-21-9-5-15-36(44)37-16-6-10-22-45(37)53/h1-31H. The van der Waals surface area contributed by atoms with Crippen LogP contribution in [-0.4, -0.2) is 14.5 Å². The lowest BCUT2D eigenvalue weighted by Crippen LogP contribution is -2.26. The predicted octanol–water partition coefficient (Wildman–Crippen LogP) is 13.0. The SMILES string of the molecule is c1ccc2c(c1)-c1ccccc1C21c2cc(-c3cnc4c5ccccc5c5ccccc5c4n3)ccc2-c2ccc(-n3c4ccccc4c4ccccc43)cc21. The van der Waals surface area contributed by atoms with E-state index in [1.54, 1.807) is 0 Å². The Hall–Kier alpha value is -7.36. The minimum Gasteiger partial charge on any atom is -0.309 e. The molecule has 0 atom stereocenters. The molecule has 0 saturated heterocycles. The van der Waals surface area contributed by atoms with E-state index in [-0.39, 0.29) is 0 Å². The Morgan fingerprint density at radius 2 is 0.857 bits per heavy atom. The molecule has 2 aliphatic rings. The van der Waals surface area contributed by atoms with Crippen LogP contribution >= 0.6 is 0 Å². The van der Waals surface area contributed by atoms with Crippen molar-refractivity contribution in [2.45, 2.75) is 5.41 Å². The lowest BCUT2D eigenvalue weighted by Gasteiger charge is -2.31. The average Bonchev–Trinajstić information content (AvgIpc) is 3.88. The molecule has 11 aromatic rings. The highest BCUT2D eigenvalue weighted by Gasteiger charge is 2.51. The zero-order valence-corrected chi connectivity index (χ0v) is 30.2. The third kappa shape index (κ3) is 3.72. The van der Waals surface area contributed by atoms with Gasteiger partial charge in [-0.05, 0) is 85.6 Å². The van der Waals surface area contributed by atoms with E-state index in [1.165, 1.54) is 77.1 Å². The van der Waals surface area contributed by atoms with Crippen molar-refractivity contribution in [2.24, 2.45) is 0 Å². The molecule has 0 aliphatic heterocycles. The summed E-state index contributed by atoms with van der Waals surface area (Å²) in [6.07, 6.45) is 1.97. The Morgan fingerprint density at radius 1 is 0.375 bits per heavy atom. The molecule has 2 aliphatic carbocycles. The topological polar surface area (TPSA) is 30.7 Å². The molecule has 3 heteroatoms. The number of para-hydroxylation sites is 2. The zero-order chi connectivity index (χ0) is 36.5. The Labute approximate surface area is 322 Å². The van der Waals surface area contributed by atoms with Gasteiger partial charge >= 0.3 is 0 Å². The van der Waals surface area contributed by atoms with Crippen LogP contribution in [0.1, 0.15) is 22.3 Å². The van der Waals surface area contributed by atoms with Crippen LogP contribution in [-0.2, 0) is 5.41 Å². The summed E-state index contributed by atoms with van der Waals surface area (Å²) in [6.45, 7) is 0. The fraction of sp³-hybridized carbons (Fsp3) is 0.0189. The van der Waals surface area contributed by atoms with Gasteiger partial charge in [0.1, 0.15) is 0 Å². The number of aromatic nitrogens is 3. The van der Waals surface area contributed by atoms with Crippen molar-refractivity contribution in [3.63, 3.8) is 0 Å². The van der Waals surface area contributed by atoms with E-state index in [0.717, 1.165) is 38.8 Å². The van der Waals surface area contributed by atoms with Crippen LogP contribution in [0.4, 0.5) is 0 Å². The third-order valence-electron chi connectivity index (χ3n) is 12.6. The number of benzene rings is 9. The smallest absolute Gasteiger partial charge is 0.0979 e. The molecule has 0 amide bonds. The lowest BCUT2D eigenvalue weighted by molar-refractivity contribution is 0.793. The molecule has 3 nitrogen and oxygen atoms in total. The number of hydrogen-bond donors (Lipinski definition) is 0. The van der Waals surface area contributed by atoms with Crippen molar-refractivity contribution in [3.8, 4) is 39.2 Å². The van der Waals surface area contributed by atoms with Crippen LogP contribution in [0.2, 0.25) is 0 Å². The average molecular weight is 710 g/mol. The summed E-state index contributed by atoms with van der Waals surface area (Å²) < 4.78 is 2.44. The van der Waals surface area contributed by atoms with E-state index in [4.69, 9.17) is 9.97 Å². The first-order valence-corrected chi connectivity index (χ1v) is 19.3. The molecule has 0 saturated carbocycles. The van der Waals surface area contributed by atoms with Gasteiger partial charge < -0.3 is 4.57 Å². The second-order valence-electron chi connectivity index (χ2n) is 15.2. The van der Waals surface area contributed by atoms with Crippen LogP contribution < -0.4 is 0 Å². The molecule has 0 unspecified atom stereocenters. The van der Waals surface area contributed by atoms with Crippen LogP contribution in [0.15, 0.2) is 188 Å². The highest BCUT2D eigenvalue weighted by molar-refractivity contribution is 6.23. The largest absolute Gasteiger partial charge is 0.309 e. The van der Waals surface area contributed by atoms with Gasteiger partial charge in [-0.15, -0.1) is 0 Å². The Balaban J connectivity index is 1.09. The van der Waals surface area contributed by atoms with E-state index in [0.29, 0.717) is 0 Å². The molecular weight excluding hydrogens is 679 g/mol. The van der Waals surface area contributed by atoms with E-state index in [2.05, 4.69) is 187 Å². The minimum atomic E-state index is -0.518. The zero-order valence-electron chi connectivity index (χ0n) is 30.2. The molecule has 9 aromatic carbocycles. The summed E-state index contributed by atoms with van der Waals surface area (Å²) in [5.41, 5.74) is 17.2. The van der Waals surface area contributed by atoms with Gasteiger partial charge in [-0.2, -0.15) is 0 Å². The molecule has 0 radical (unpaired) electrons. The van der Waals surface area contributed by atoms with Crippen molar-refractivity contribution in [1.82, 2.24) is 14.5 Å². The van der Waals surface area contributed by atoms with Gasteiger partial charge in [0.25, 0.3) is 0 Å². The maximum Gasteiger partial charge on any atom is 0.0979 e. The molecule has 0 N–H and O–H groups in total. The van der Waals surface area contributed by atoms with Gasteiger partial charge in [0.05, 0.1) is 39.4 Å². The fourth-order valence-electron chi connectivity index (χ4n) is 10.4. The van der Waals surface area contributed by atoms with E-state index < -0.39 is 5.41 Å². The monoisotopic (exact) mass is 709 g/mol. The van der Waals surface area contributed by atoms with Gasteiger partial charge in [0.2, 0.25) is 0 Å². The number of hydrogen-bond acceptors (Lipinski definition) is 2. The summed E-state index contributed by atoms with van der Waals surface area (Å²) in [5, 5.41) is 7.18. The van der Waals surface area contributed by atoms with E-state index >= 15 is 0 Å². The normalized spacial score (nSPS) is 13.5. The van der Waals surface area contributed by atoms with Crippen molar-refractivity contribution in [1.29, 1.82) is 0 Å². The van der Waals surface area contributed by atoms with Crippen LogP contribution in [0.3, 0.4) is 0 Å². The maximum atomic E-state index is 5.44. The Morgan fingerprint density at radius 3 is 1.50 bits per heavy atom. The van der Waals surface area contributed by atoms with Gasteiger partial charge in [-0.25, -0.2) is 4.98 Å². The first-order chi connectivity index (χ1) is 27.8. The number of fused-ring (bicyclic) bond motifs is 19. The van der Waals surface area contributed by atoms with E-state index in [1.807, 2.05) is 6.20 Å². The second kappa shape index (κ2) is 10.9. The van der Waals surface area contributed by atoms with E-state index in [9.17, 15) is 0 Å². The highest BCUT2D eigenvalue weighted by Crippen LogP contribution is 2.63. The van der Waals surface area contributed by atoms with Gasteiger partial charge in [-0.1, -0.05) is 152 Å². The van der Waals surface area contributed by atoms with Crippen LogP contribution in [0, 0.1) is 0 Å². The van der Waals surface area contributed by atoms with Crippen molar-refractivity contribution in [2.75, 3.05) is 0 Å². The molecule has 2 heterocycles. The Bertz CT molecular complexity index is 3360. The molecule has 258 valence electrons. The van der Waals surface area contributed by atoms with Gasteiger partial charge in [-0.3, -0.25) is 4.98 Å². The number of nitrogens with zero attached hydrogens (tertiary/aromatic N) is 3. The maximum absolute atomic E-state index is 5.44.